The van der Waals surface area contributed by atoms with Crippen LogP contribution in [0, 0.1) is 5.92 Å². The molecule has 0 amide bonds. The van der Waals surface area contributed by atoms with Crippen molar-refractivity contribution in [1.29, 1.82) is 0 Å². The number of hydrogen-bond acceptors (Lipinski definition) is 8. The maximum atomic E-state index is 13.9. The summed E-state index contributed by atoms with van der Waals surface area (Å²) >= 11 is 0. The number of phenols is 1. The molecule has 1 aliphatic heterocycles. The molecule has 2 aromatic carbocycles. The van der Waals surface area contributed by atoms with Crippen LogP contribution in [0.4, 0.5) is 0 Å². The summed E-state index contributed by atoms with van der Waals surface area (Å²) in [7, 11) is 3.17. The Morgan fingerprint density at radius 2 is 1.68 bits per heavy atom. The Balaban J connectivity index is 1.79. The lowest BCUT2D eigenvalue weighted by Crippen LogP contribution is -2.41. The molecule has 0 aromatic heterocycles. The minimum atomic E-state index is -0.621. The number of aliphatic imine (C=N–C) groups is 1. The third-order valence-corrected chi connectivity index (χ3v) is 7.04. The minimum Gasteiger partial charge on any atom is -0.504 e. The second-order valence-electron chi connectivity index (χ2n) is 9.86. The topological polar surface area (TPSA) is 104 Å². The van der Waals surface area contributed by atoms with E-state index in [9.17, 15) is 14.7 Å². The third kappa shape index (κ3) is 5.26. The van der Waals surface area contributed by atoms with Crippen LogP contribution in [-0.4, -0.2) is 49.5 Å². The predicted molar refractivity (Wildman–Crippen MR) is 143 cm³/mol. The molecule has 1 saturated carbocycles. The van der Waals surface area contributed by atoms with Crippen LogP contribution in [0.1, 0.15) is 63.5 Å². The number of allylic oxidation sites excluding steroid dienone is 1. The Bertz CT molecular complexity index is 1290. The Kier molecular flexibility index (Phi) is 8.09. The molecule has 1 aliphatic carbocycles. The van der Waals surface area contributed by atoms with Crippen LogP contribution in [0.15, 0.2) is 52.7 Å². The van der Waals surface area contributed by atoms with Crippen molar-refractivity contribution in [1.82, 2.24) is 0 Å². The lowest BCUT2D eigenvalue weighted by molar-refractivity contribution is -0.143. The summed E-state index contributed by atoms with van der Waals surface area (Å²) in [5.41, 5.74) is 3.27. The first-order valence-corrected chi connectivity index (χ1v) is 12.9. The van der Waals surface area contributed by atoms with Crippen molar-refractivity contribution in [2.45, 2.75) is 58.5 Å². The number of nitrogens with zero attached hydrogens (tertiary/aromatic N) is 1. The van der Waals surface area contributed by atoms with E-state index in [2.05, 4.69) is 0 Å². The Labute approximate surface area is 223 Å². The van der Waals surface area contributed by atoms with Crippen LogP contribution in [0.5, 0.6) is 23.0 Å². The van der Waals surface area contributed by atoms with Crippen molar-refractivity contribution in [2.24, 2.45) is 10.9 Å². The number of ketones is 1. The minimum absolute atomic E-state index is 0.00389. The van der Waals surface area contributed by atoms with Crippen LogP contribution in [-0.2, 0) is 14.3 Å². The summed E-state index contributed by atoms with van der Waals surface area (Å²) in [4.78, 5) is 32.0. The lowest BCUT2D eigenvalue weighted by atomic mass is 9.66. The fraction of sp³-hybridized carbons (Fsp3) is 0.433. The predicted octanol–water partition coefficient (Wildman–Crippen LogP) is 5.33. The van der Waals surface area contributed by atoms with Crippen molar-refractivity contribution in [3.8, 4) is 23.0 Å². The van der Waals surface area contributed by atoms with Crippen molar-refractivity contribution < 1.29 is 33.6 Å². The number of carbonyl (C=O) groups excluding carboxylic acids is 2. The first-order chi connectivity index (χ1) is 18.2. The van der Waals surface area contributed by atoms with Crippen molar-refractivity contribution in [2.75, 3.05) is 20.8 Å². The van der Waals surface area contributed by atoms with E-state index in [1.165, 1.54) is 6.07 Å². The number of benzene rings is 2. The van der Waals surface area contributed by atoms with Gasteiger partial charge in [0.05, 0.1) is 38.4 Å². The SMILES string of the molecule is CCOc1cc([C@H]2C(C(=O)OC(C)C)=C(C)N=C3C[C@H](c4ccc(OC)c(OC)c4)CC(=O)C32)ccc1O. The Morgan fingerprint density at radius 3 is 2.34 bits per heavy atom. The number of methoxy groups -OCH3 is 2. The van der Waals surface area contributed by atoms with Gasteiger partial charge in [0.2, 0.25) is 0 Å². The standard InChI is InChI=1S/C30H35NO7/c1-7-37-25-15-19(8-10-22(25)32)28-27(30(34)38-16(2)3)17(4)31-21-12-20(13-23(33)29(21)28)18-9-11-24(35-5)26(14-18)36-6/h8-11,14-16,20,28-29,32H,7,12-13H2,1-6H3/t20-,28-,29?/m0/s1. The maximum absolute atomic E-state index is 13.9. The normalized spacial score (nSPS) is 21.1. The summed E-state index contributed by atoms with van der Waals surface area (Å²) in [6.07, 6.45) is 0.518. The fourth-order valence-electron chi connectivity index (χ4n) is 5.42. The molecule has 1 fully saturated rings. The highest BCUT2D eigenvalue weighted by atomic mass is 16.5. The smallest absolute Gasteiger partial charge is 0.336 e. The Morgan fingerprint density at radius 1 is 1.00 bits per heavy atom. The van der Waals surface area contributed by atoms with Crippen LogP contribution in [0.25, 0.3) is 0 Å². The molecule has 8 nitrogen and oxygen atoms in total. The molecule has 202 valence electrons. The first-order valence-electron chi connectivity index (χ1n) is 12.9. The van der Waals surface area contributed by atoms with Crippen molar-refractivity contribution >= 4 is 17.5 Å². The summed E-state index contributed by atoms with van der Waals surface area (Å²) in [6, 6.07) is 10.7. The van der Waals surface area contributed by atoms with Crippen LogP contribution < -0.4 is 14.2 Å². The van der Waals surface area contributed by atoms with Gasteiger partial charge in [0.1, 0.15) is 5.78 Å². The average molecular weight is 522 g/mol. The van der Waals surface area contributed by atoms with Gasteiger partial charge in [0.15, 0.2) is 23.0 Å². The summed E-state index contributed by atoms with van der Waals surface area (Å²) in [5, 5.41) is 10.3. The molecule has 2 aliphatic rings. The molecule has 3 atom stereocenters. The second-order valence-corrected chi connectivity index (χ2v) is 9.86. The molecule has 0 saturated heterocycles. The van der Waals surface area contributed by atoms with E-state index in [1.54, 1.807) is 47.1 Å². The summed E-state index contributed by atoms with van der Waals surface area (Å²) < 4.78 is 22.0. The van der Waals surface area contributed by atoms with Gasteiger partial charge in [0, 0.05) is 23.7 Å². The largest absolute Gasteiger partial charge is 0.504 e. The van der Waals surface area contributed by atoms with E-state index in [0.29, 0.717) is 47.1 Å². The second kappa shape index (κ2) is 11.3. The number of esters is 1. The molecule has 1 unspecified atom stereocenters. The highest BCUT2D eigenvalue weighted by Crippen LogP contribution is 2.48. The van der Waals surface area contributed by atoms with Gasteiger partial charge in [-0.25, -0.2) is 4.79 Å². The van der Waals surface area contributed by atoms with Gasteiger partial charge >= 0.3 is 5.97 Å². The van der Waals surface area contributed by atoms with E-state index >= 15 is 0 Å². The number of rotatable bonds is 8. The number of aromatic hydroxyl groups is 1. The van der Waals surface area contributed by atoms with Crippen LogP contribution in [0.2, 0.25) is 0 Å². The van der Waals surface area contributed by atoms with E-state index in [4.69, 9.17) is 23.9 Å². The number of ether oxygens (including phenoxy) is 4. The van der Waals surface area contributed by atoms with Gasteiger partial charge < -0.3 is 24.1 Å². The van der Waals surface area contributed by atoms with Crippen LogP contribution >= 0.6 is 0 Å². The fourth-order valence-corrected chi connectivity index (χ4v) is 5.42. The molecule has 1 N–H and O–H groups in total. The number of hydrogen-bond donors (Lipinski definition) is 1. The maximum Gasteiger partial charge on any atom is 0.336 e. The molecule has 0 spiro atoms. The highest BCUT2D eigenvalue weighted by molar-refractivity contribution is 6.12. The Hall–Kier alpha value is -3.81. The van der Waals surface area contributed by atoms with Gasteiger partial charge in [-0.15, -0.1) is 0 Å². The zero-order valence-electron chi connectivity index (χ0n) is 22.7. The monoisotopic (exact) mass is 521 g/mol. The number of carbonyl (C=O) groups is 2. The van der Waals surface area contributed by atoms with E-state index in [1.807, 2.05) is 25.1 Å². The number of Topliss-reactive ketones (excluding diaryl/α,β-unsaturated/α-hetero) is 1. The first kappa shape index (κ1) is 27.2. The molecule has 8 heteroatoms. The van der Waals surface area contributed by atoms with Crippen molar-refractivity contribution in [3.05, 3.63) is 58.8 Å². The molecule has 0 bridgehead atoms. The number of phenolic OH excluding ortho intramolecular Hbond substituents is 1. The van der Waals surface area contributed by atoms with Gasteiger partial charge in [-0.05, 0) is 75.4 Å². The highest BCUT2D eigenvalue weighted by Gasteiger charge is 2.46. The van der Waals surface area contributed by atoms with Gasteiger partial charge in [-0.2, -0.15) is 0 Å². The van der Waals surface area contributed by atoms with Gasteiger partial charge in [0.25, 0.3) is 0 Å². The molecule has 1 heterocycles. The molecular formula is C30H35NO7. The molecule has 38 heavy (non-hydrogen) atoms. The van der Waals surface area contributed by atoms with Crippen molar-refractivity contribution in [3.63, 3.8) is 0 Å². The molecule has 0 radical (unpaired) electrons. The quantitative estimate of drug-likeness (QED) is 0.468. The molecular weight excluding hydrogens is 486 g/mol. The average Bonchev–Trinajstić information content (AvgIpc) is 2.88. The number of fused-ring (bicyclic) bond motifs is 1. The molecule has 4 rings (SSSR count). The van der Waals surface area contributed by atoms with Gasteiger partial charge in [-0.3, -0.25) is 9.79 Å². The summed E-state index contributed by atoms with van der Waals surface area (Å²) in [6.45, 7) is 7.54. The molecule has 2 aromatic rings. The van der Waals surface area contributed by atoms with E-state index < -0.39 is 17.8 Å². The van der Waals surface area contributed by atoms with E-state index in [0.717, 1.165) is 11.3 Å². The van der Waals surface area contributed by atoms with Gasteiger partial charge in [-0.1, -0.05) is 12.1 Å². The van der Waals surface area contributed by atoms with Crippen LogP contribution in [0.3, 0.4) is 0 Å². The third-order valence-electron chi connectivity index (χ3n) is 7.04. The van der Waals surface area contributed by atoms with E-state index in [-0.39, 0.29) is 30.0 Å². The zero-order valence-corrected chi connectivity index (χ0v) is 22.7. The summed E-state index contributed by atoms with van der Waals surface area (Å²) in [5.74, 6) is -0.295. The lowest BCUT2D eigenvalue weighted by Gasteiger charge is -2.38. The zero-order chi connectivity index (χ0) is 27.6.